The lowest BCUT2D eigenvalue weighted by Gasteiger charge is -2.16. The standard InChI is InChI=1S/C9H17NO3/c1-3-8(2)12-9(11)13-10-6-4-5-7-10/h8H,3-7H2,1-2H3. The lowest BCUT2D eigenvalue weighted by atomic mass is 10.3. The van der Waals surface area contributed by atoms with Crippen LogP contribution in [0.4, 0.5) is 4.79 Å². The van der Waals surface area contributed by atoms with E-state index in [1.54, 1.807) is 5.06 Å². The Hall–Kier alpha value is -0.770. The molecule has 0 aromatic heterocycles. The maximum absolute atomic E-state index is 11.1. The fourth-order valence-electron chi connectivity index (χ4n) is 1.15. The lowest BCUT2D eigenvalue weighted by Crippen LogP contribution is -2.26. The summed E-state index contributed by atoms with van der Waals surface area (Å²) in [5.74, 6) is 0. The van der Waals surface area contributed by atoms with Crippen LogP contribution in [-0.4, -0.2) is 30.4 Å². The van der Waals surface area contributed by atoms with E-state index in [9.17, 15) is 4.79 Å². The quantitative estimate of drug-likeness (QED) is 0.633. The molecule has 0 bridgehead atoms. The van der Waals surface area contributed by atoms with Crippen LogP contribution in [0.15, 0.2) is 0 Å². The van der Waals surface area contributed by atoms with Crippen molar-refractivity contribution in [1.82, 2.24) is 5.06 Å². The minimum Gasteiger partial charge on any atom is -0.430 e. The Kier molecular flexibility index (Phi) is 4.02. The van der Waals surface area contributed by atoms with Crippen molar-refractivity contribution >= 4 is 6.16 Å². The molecular formula is C9H17NO3. The molecule has 4 heteroatoms. The van der Waals surface area contributed by atoms with Crippen LogP contribution in [-0.2, 0) is 9.57 Å². The maximum Gasteiger partial charge on any atom is 0.528 e. The van der Waals surface area contributed by atoms with Gasteiger partial charge < -0.3 is 9.57 Å². The first-order chi connectivity index (χ1) is 6.22. The molecule has 0 radical (unpaired) electrons. The van der Waals surface area contributed by atoms with Gasteiger partial charge in [0.2, 0.25) is 0 Å². The molecule has 0 aromatic carbocycles. The predicted molar refractivity (Wildman–Crippen MR) is 48.1 cm³/mol. The van der Waals surface area contributed by atoms with Crippen LogP contribution in [0.5, 0.6) is 0 Å². The first kappa shape index (κ1) is 10.3. The minimum absolute atomic E-state index is 0.0601. The van der Waals surface area contributed by atoms with Crippen molar-refractivity contribution in [2.45, 2.75) is 39.2 Å². The number of rotatable bonds is 3. The summed E-state index contributed by atoms with van der Waals surface area (Å²) >= 11 is 0. The van der Waals surface area contributed by atoms with Crippen molar-refractivity contribution in [3.8, 4) is 0 Å². The van der Waals surface area contributed by atoms with E-state index in [0.717, 1.165) is 32.4 Å². The Balaban J connectivity index is 2.16. The van der Waals surface area contributed by atoms with E-state index >= 15 is 0 Å². The molecule has 76 valence electrons. The number of hydrogen-bond acceptors (Lipinski definition) is 4. The number of nitrogens with zero attached hydrogens (tertiary/aromatic N) is 1. The van der Waals surface area contributed by atoms with Crippen LogP contribution < -0.4 is 0 Å². The average molecular weight is 187 g/mol. The van der Waals surface area contributed by atoms with E-state index < -0.39 is 6.16 Å². The molecule has 0 aliphatic carbocycles. The third-order valence-electron chi connectivity index (χ3n) is 2.14. The number of hydroxylamine groups is 2. The normalized spacial score (nSPS) is 19.8. The zero-order chi connectivity index (χ0) is 9.68. The van der Waals surface area contributed by atoms with Crippen molar-refractivity contribution < 1.29 is 14.4 Å². The SMILES string of the molecule is CCC(C)OC(=O)ON1CCCC1. The summed E-state index contributed by atoms with van der Waals surface area (Å²) in [5.41, 5.74) is 0. The molecule has 1 fully saturated rings. The van der Waals surface area contributed by atoms with Crippen LogP contribution in [0.2, 0.25) is 0 Å². The highest BCUT2D eigenvalue weighted by atomic mass is 16.8. The van der Waals surface area contributed by atoms with Gasteiger partial charge in [0.25, 0.3) is 0 Å². The van der Waals surface area contributed by atoms with Gasteiger partial charge in [0.1, 0.15) is 6.10 Å². The molecule has 0 saturated carbocycles. The number of carbonyl (C=O) groups is 1. The second-order valence-corrected chi connectivity index (χ2v) is 3.31. The van der Waals surface area contributed by atoms with Crippen LogP contribution >= 0.6 is 0 Å². The Morgan fingerprint density at radius 1 is 1.46 bits per heavy atom. The summed E-state index contributed by atoms with van der Waals surface area (Å²) in [4.78, 5) is 16.0. The van der Waals surface area contributed by atoms with Gasteiger partial charge in [-0.1, -0.05) is 6.92 Å². The van der Waals surface area contributed by atoms with E-state index in [1.165, 1.54) is 0 Å². The van der Waals surface area contributed by atoms with Gasteiger partial charge in [-0.2, -0.15) is 0 Å². The number of ether oxygens (including phenoxy) is 1. The second kappa shape index (κ2) is 5.07. The van der Waals surface area contributed by atoms with Crippen LogP contribution in [0, 0.1) is 0 Å². The van der Waals surface area contributed by atoms with E-state index in [0.29, 0.717) is 0 Å². The number of carbonyl (C=O) groups excluding carboxylic acids is 1. The van der Waals surface area contributed by atoms with Gasteiger partial charge in [0, 0.05) is 13.1 Å². The number of hydrogen-bond donors (Lipinski definition) is 0. The molecule has 4 nitrogen and oxygen atoms in total. The highest BCUT2D eigenvalue weighted by Gasteiger charge is 2.18. The molecule has 0 N–H and O–H groups in total. The highest BCUT2D eigenvalue weighted by molar-refractivity contribution is 5.59. The van der Waals surface area contributed by atoms with Gasteiger partial charge in [-0.05, 0) is 26.2 Å². The molecule has 0 amide bonds. The predicted octanol–water partition coefficient (Wildman–Crippen LogP) is 1.95. The largest absolute Gasteiger partial charge is 0.528 e. The van der Waals surface area contributed by atoms with Crippen LogP contribution in [0.1, 0.15) is 33.1 Å². The summed E-state index contributed by atoms with van der Waals surface area (Å²) in [6, 6.07) is 0. The van der Waals surface area contributed by atoms with Crippen LogP contribution in [0.25, 0.3) is 0 Å². The summed E-state index contributed by atoms with van der Waals surface area (Å²) in [7, 11) is 0. The van der Waals surface area contributed by atoms with Gasteiger partial charge in [0.05, 0.1) is 0 Å². The third kappa shape index (κ3) is 3.63. The van der Waals surface area contributed by atoms with Gasteiger partial charge in [-0.25, -0.2) is 4.79 Å². The van der Waals surface area contributed by atoms with E-state index in [4.69, 9.17) is 9.57 Å². The lowest BCUT2D eigenvalue weighted by molar-refractivity contribution is -0.119. The smallest absolute Gasteiger partial charge is 0.430 e. The van der Waals surface area contributed by atoms with E-state index in [-0.39, 0.29) is 6.10 Å². The van der Waals surface area contributed by atoms with E-state index in [2.05, 4.69) is 0 Å². The van der Waals surface area contributed by atoms with Gasteiger partial charge in [-0.3, -0.25) is 0 Å². The summed E-state index contributed by atoms with van der Waals surface area (Å²) in [6.07, 6.45) is 2.37. The Morgan fingerprint density at radius 2 is 2.08 bits per heavy atom. The molecule has 1 aliphatic rings. The summed E-state index contributed by atoms with van der Waals surface area (Å²) in [5, 5.41) is 1.66. The second-order valence-electron chi connectivity index (χ2n) is 3.31. The average Bonchev–Trinajstić information content (AvgIpc) is 2.56. The molecule has 1 rings (SSSR count). The van der Waals surface area contributed by atoms with Crippen molar-refractivity contribution in [3.63, 3.8) is 0 Å². The Labute approximate surface area is 78.8 Å². The zero-order valence-electron chi connectivity index (χ0n) is 8.28. The van der Waals surface area contributed by atoms with Crippen molar-refractivity contribution in [2.75, 3.05) is 13.1 Å². The monoisotopic (exact) mass is 187 g/mol. The topological polar surface area (TPSA) is 38.8 Å². The highest BCUT2D eigenvalue weighted by Crippen LogP contribution is 2.09. The molecule has 0 aromatic rings. The first-order valence-electron chi connectivity index (χ1n) is 4.86. The molecule has 1 saturated heterocycles. The third-order valence-corrected chi connectivity index (χ3v) is 2.14. The van der Waals surface area contributed by atoms with Crippen molar-refractivity contribution in [2.24, 2.45) is 0 Å². The maximum atomic E-state index is 11.1. The molecule has 1 atom stereocenters. The molecule has 0 spiro atoms. The molecule has 1 heterocycles. The van der Waals surface area contributed by atoms with Crippen LogP contribution in [0.3, 0.4) is 0 Å². The summed E-state index contributed by atoms with van der Waals surface area (Å²) in [6.45, 7) is 5.48. The summed E-state index contributed by atoms with van der Waals surface area (Å²) < 4.78 is 4.96. The zero-order valence-corrected chi connectivity index (χ0v) is 8.28. The van der Waals surface area contributed by atoms with Gasteiger partial charge in [-0.15, -0.1) is 5.06 Å². The van der Waals surface area contributed by atoms with Crippen molar-refractivity contribution in [3.05, 3.63) is 0 Å². The van der Waals surface area contributed by atoms with Gasteiger partial charge in [0.15, 0.2) is 0 Å². The molecular weight excluding hydrogens is 170 g/mol. The Morgan fingerprint density at radius 3 is 2.62 bits per heavy atom. The molecule has 13 heavy (non-hydrogen) atoms. The van der Waals surface area contributed by atoms with Gasteiger partial charge >= 0.3 is 6.16 Å². The molecule has 1 unspecified atom stereocenters. The Bertz CT molecular complexity index is 166. The first-order valence-corrected chi connectivity index (χ1v) is 4.86. The fourth-order valence-corrected chi connectivity index (χ4v) is 1.15. The molecule has 1 aliphatic heterocycles. The van der Waals surface area contributed by atoms with Crippen molar-refractivity contribution in [1.29, 1.82) is 0 Å². The van der Waals surface area contributed by atoms with E-state index in [1.807, 2.05) is 13.8 Å². The minimum atomic E-state index is -0.573. The fraction of sp³-hybridized carbons (Fsp3) is 0.889.